The molecule has 0 aromatic carbocycles. The van der Waals surface area contributed by atoms with Crippen LogP contribution in [0.3, 0.4) is 0 Å². The van der Waals surface area contributed by atoms with Crippen LogP contribution in [0.5, 0.6) is 0 Å². The standard InChI is InChI=1S/C13H21N3O2S/c1-17-8-9-18-7-3-2-5-16-12-10-15-6-4-11(12)13(14)19/h4,6,10,16H,2-3,5,7-9H2,1H3,(H2,14,19). The van der Waals surface area contributed by atoms with Crippen LogP contribution < -0.4 is 11.1 Å². The zero-order chi connectivity index (χ0) is 13.9. The van der Waals surface area contributed by atoms with Crippen LogP contribution in [0.1, 0.15) is 18.4 Å². The van der Waals surface area contributed by atoms with Crippen LogP contribution in [0.2, 0.25) is 0 Å². The second-order valence-electron chi connectivity index (χ2n) is 4.02. The number of aromatic nitrogens is 1. The van der Waals surface area contributed by atoms with Gasteiger partial charge in [0.2, 0.25) is 0 Å². The van der Waals surface area contributed by atoms with E-state index in [9.17, 15) is 0 Å². The van der Waals surface area contributed by atoms with Crippen molar-refractivity contribution in [2.24, 2.45) is 5.73 Å². The molecule has 6 heteroatoms. The maximum atomic E-state index is 5.64. The molecule has 19 heavy (non-hydrogen) atoms. The molecule has 0 unspecified atom stereocenters. The highest BCUT2D eigenvalue weighted by molar-refractivity contribution is 7.80. The average molecular weight is 283 g/mol. The minimum Gasteiger partial charge on any atom is -0.389 e. The van der Waals surface area contributed by atoms with Gasteiger partial charge in [0, 0.05) is 32.0 Å². The highest BCUT2D eigenvalue weighted by Gasteiger charge is 2.03. The fourth-order valence-corrected chi connectivity index (χ4v) is 1.72. The number of nitrogens with zero attached hydrogens (tertiary/aromatic N) is 1. The Morgan fingerprint density at radius 2 is 2.21 bits per heavy atom. The molecule has 0 radical (unpaired) electrons. The van der Waals surface area contributed by atoms with Crippen LogP contribution >= 0.6 is 12.2 Å². The quantitative estimate of drug-likeness (QED) is 0.502. The Morgan fingerprint density at radius 1 is 1.37 bits per heavy atom. The molecule has 0 fully saturated rings. The highest BCUT2D eigenvalue weighted by atomic mass is 32.1. The van der Waals surface area contributed by atoms with Crippen LogP contribution in [0.4, 0.5) is 5.69 Å². The second kappa shape index (κ2) is 9.66. The van der Waals surface area contributed by atoms with Gasteiger partial charge in [0.05, 0.1) is 25.1 Å². The van der Waals surface area contributed by atoms with Crippen LogP contribution in [0, 0.1) is 0 Å². The van der Waals surface area contributed by atoms with E-state index in [2.05, 4.69) is 10.3 Å². The SMILES string of the molecule is COCCOCCCCNc1cnccc1C(N)=S. The van der Waals surface area contributed by atoms with Gasteiger partial charge in [0.1, 0.15) is 4.99 Å². The lowest BCUT2D eigenvalue weighted by Gasteiger charge is -2.10. The molecule has 0 saturated heterocycles. The Kier molecular flexibility index (Phi) is 8.04. The van der Waals surface area contributed by atoms with Gasteiger partial charge in [0.15, 0.2) is 0 Å². The molecule has 0 aliphatic heterocycles. The highest BCUT2D eigenvalue weighted by Crippen LogP contribution is 2.13. The minimum atomic E-state index is 0.382. The number of hydrogen-bond donors (Lipinski definition) is 2. The van der Waals surface area contributed by atoms with E-state index in [0.29, 0.717) is 18.2 Å². The summed E-state index contributed by atoms with van der Waals surface area (Å²) in [6.45, 7) is 2.89. The van der Waals surface area contributed by atoms with E-state index in [0.717, 1.165) is 37.2 Å². The largest absolute Gasteiger partial charge is 0.389 e. The lowest BCUT2D eigenvalue weighted by molar-refractivity contribution is 0.0691. The van der Waals surface area contributed by atoms with Crippen LogP contribution in [0.15, 0.2) is 18.5 Å². The Balaban J connectivity index is 2.17. The summed E-state index contributed by atoms with van der Waals surface area (Å²) in [5.74, 6) is 0. The molecule has 0 atom stereocenters. The van der Waals surface area contributed by atoms with Crippen LogP contribution in [0.25, 0.3) is 0 Å². The van der Waals surface area contributed by atoms with Crippen molar-refractivity contribution in [2.75, 3.05) is 38.8 Å². The molecule has 0 bridgehead atoms. The normalized spacial score (nSPS) is 10.4. The van der Waals surface area contributed by atoms with Crippen molar-refractivity contribution in [3.8, 4) is 0 Å². The summed E-state index contributed by atoms with van der Waals surface area (Å²) in [5.41, 5.74) is 7.36. The third-order valence-electron chi connectivity index (χ3n) is 2.55. The summed E-state index contributed by atoms with van der Waals surface area (Å²) < 4.78 is 10.3. The lowest BCUT2D eigenvalue weighted by Crippen LogP contribution is -2.14. The van der Waals surface area contributed by atoms with E-state index in [1.54, 1.807) is 19.5 Å². The molecule has 1 aromatic heterocycles. The van der Waals surface area contributed by atoms with Crippen molar-refractivity contribution in [2.45, 2.75) is 12.8 Å². The number of unbranched alkanes of at least 4 members (excludes halogenated alkanes) is 1. The lowest BCUT2D eigenvalue weighted by atomic mass is 10.2. The van der Waals surface area contributed by atoms with Gasteiger partial charge in [-0.1, -0.05) is 12.2 Å². The Bertz CT molecular complexity index is 388. The molecular weight excluding hydrogens is 262 g/mol. The molecule has 1 rings (SSSR count). The Labute approximate surface area is 119 Å². The fourth-order valence-electron chi connectivity index (χ4n) is 1.55. The molecule has 0 amide bonds. The van der Waals surface area contributed by atoms with Crippen LogP contribution in [-0.2, 0) is 9.47 Å². The molecular formula is C13H21N3O2S. The Hall–Kier alpha value is -1.24. The predicted molar refractivity (Wildman–Crippen MR) is 80.5 cm³/mol. The first kappa shape index (κ1) is 15.8. The number of hydrogen-bond acceptors (Lipinski definition) is 5. The topological polar surface area (TPSA) is 69.4 Å². The van der Waals surface area contributed by atoms with Crippen LogP contribution in [-0.4, -0.2) is 43.4 Å². The molecule has 1 heterocycles. The zero-order valence-electron chi connectivity index (χ0n) is 11.2. The molecule has 0 saturated carbocycles. The molecule has 0 spiro atoms. The number of ether oxygens (including phenoxy) is 2. The summed E-state index contributed by atoms with van der Waals surface area (Å²) in [6, 6.07) is 1.82. The number of nitrogens with two attached hydrogens (primary N) is 1. The van der Waals surface area contributed by atoms with Gasteiger partial charge < -0.3 is 20.5 Å². The number of nitrogens with one attached hydrogen (secondary N) is 1. The van der Waals surface area contributed by atoms with Crippen molar-refractivity contribution in [3.05, 3.63) is 24.0 Å². The molecule has 106 valence electrons. The average Bonchev–Trinajstić information content (AvgIpc) is 2.42. The first-order chi connectivity index (χ1) is 9.25. The smallest absolute Gasteiger partial charge is 0.106 e. The van der Waals surface area contributed by atoms with Gasteiger partial charge >= 0.3 is 0 Å². The zero-order valence-corrected chi connectivity index (χ0v) is 12.0. The molecule has 1 aromatic rings. The van der Waals surface area contributed by atoms with Crippen molar-refractivity contribution in [1.82, 2.24) is 4.98 Å². The summed E-state index contributed by atoms with van der Waals surface area (Å²) >= 11 is 4.99. The maximum absolute atomic E-state index is 5.64. The number of methoxy groups -OCH3 is 1. The first-order valence-electron chi connectivity index (χ1n) is 6.30. The van der Waals surface area contributed by atoms with Crippen molar-refractivity contribution >= 4 is 22.9 Å². The summed E-state index contributed by atoms with van der Waals surface area (Å²) in [5, 5.41) is 3.29. The summed E-state index contributed by atoms with van der Waals surface area (Å²) in [4.78, 5) is 4.44. The second-order valence-corrected chi connectivity index (χ2v) is 4.46. The molecule has 5 nitrogen and oxygen atoms in total. The molecule has 3 N–H and O–H groups in total. The number of pyridine rings is 1. The van der Waals surface area contributed by atoms with Crippen molar-refractivity contribution in [1.29, 1.82) is 0 Å². The van der Waals surface area contributed by atoms with Gasteiger partial charge in [-0.3, -0.25) is 4.98 Å². The molecule has 0 aliphatic carbocycles. The maximum Gasteiger partial charge on any atom is 0.106 e. The predicted octanol–water partition coefficient (Wildman–Crippen LogP) is 1.57. The number of thiocarbonyl (C=S) groups is 1. The van der Waals surface area contributed by atoms with E-state index < -0.39 is 0 Å². The summed E-state index contributed by atoms with van der Waals surface area (Å²) in [7, 11) is 1.67. The van der Waals surface area contributed by atoms with Crippen molar-refractivity contribution in [3.63, 3.8) is 0 Å². The molecule has 0 aliphatic rings. The van der Waals surface area contributed by atoms with E-state index in [-0.39, 0.29) is 0 Å². The van der Waals surface area contributed by atoms with E-state index >= 15 is 0 Å². The first-order valence-corrected chi connectivity index (χ1v) is 6.71. The van der Waals surface area contributed by atoms with E-state index in [1.165, 1.54) is 0 Å². The van der Waals surface area contributed by atoms with Gasteiger partial charge in [-0.2, -0.15) is 0 Å². The third-order valence-corrected chi connectivity index (χ3v) is 2.77. The van der Waals surface area contributed by atoms with Gasteiger partial charge in [-0.15, -0.1) is 0 Å². The van der Waals surface area contributed by atoms with Gasteiger partial charge in [0.25, 0.3) is 0 Å². The van der Waals surface area contributed by atoms with Gasteiger partial charge in [-0.05, 0) is 18.9 Å². The van der Waals surface area contributed by atoms with E-state index in [1.807, 2.05) is 6.07 Å². The van der Waals surface area contributed by atoms with Gasteiger partial charge in [-0.25, -0.2) is 0 Å². The number of anilines is 1. The van der Waals surface area contributed by atoms with Crippen molar-refractivity contribution < 1.29 is 9.47 Å². The third kappa shape index (κ3) is 6.47. The fraction of sp³-hybridized carbons (Fsp3) is 0.538. The Morgan fingerprint density at radius 3 is 2.95 bits per heavy atom. The number of rotatable bonds is 10. The summed E-state index contributed by atoms with van der Waals surface area (Å²) in [6.07, 6.45) is 5.44. The minimum absolute atomic E-state index is 0.382. The van der Waals surface area contributed by atoms with E-state index in [4.69, 9.17) is 27.4 Å². The monoisotopic (exact) mass is 283 g/mol.